The molecule has 0 saturated carbocycles. The van der Waals surface area contributed by atoms with Crippen molar-refractivity contribution in [3.8, 4) is 0 Å². The Morgan fingerprint density at radius 3 is 2.64 bits per heavy atom. The zero-order chi connectivity index (χ0) is 15.8. The van der Waals surface area contributed by atoms with Gasteiger partial charge in [0.2, 0.25) is 0 Å². The van der Waals surface area contributed by atoms with E-state index in [2.05, 4.69) is 15.6 Å². The number of aromatic nitrogens is 1. The van der Waals surface area contributed by atoms with Crippen LogP contribution in [0.2, 0.25) is 0 Å². The Hall–Kier alpha value is -2.50. The van der Waals surface area contributed by atoms with Gasteiger partial charge in [-0.1, -0.05) is 18.2 Å². The number of carbonyl (C=O) groups is 1. The average Bonchev–Trinajstić information content (AvgIpc) is 2.55. The SMILES string of the molecule is O=C(NCCF)NC(Cc1ccc(F)cc1)c1cccnc1. The van der Waals surface area contributed by atoms with Crippen LogP contribution in [0.3, 0.4) is 0 Å². The molecule has 0 radical (unpaired) electrons. The van der Waals surface area contributed by atoms with Gasteiger partial charge in [-0.2, -0.15) is 0 Å². The number of rotatable bonds is 6. The van der Waals surface area contributed by atoms with Crippen molar-refractivity contribution in [2.45, 2.75) is 12.5 Å². The smallest absolute Gasteiger partial charge is 0.315 e. The van der Waals surface area contributed by atoms with Crippen LogP contribution < -0.4 is 10.6 Å². The highest BCUT2D eigenvalue weighted by Crippen LogP contribution is 2.18. The molecule has 0 spiro atoms. The first-order valence-corrected chi connectivity index (χ1v) is 6.93. The molecule has 1 atom stereocenters. The second kappa shape index (κ2) is 8.07. The summed E-state index contributed by atoms with van der Waals surface area (Å²) < 4.78 is 25.1. The number of halogens is 2. The predicted molar refractivity (Wildman–Crippen MR) is 79.6 cm³/mol. The number of hydrogen-bond acceptors (Lipinski definition) is 2. The molecule has 2 rings (SSSR count). The van der Waals surface area contributed by atoms with E-state index in [0.717, 1.165) is 11.1 Å². The van der Waals surface area contributed by atoms with E-state index in [4.69, 9.17) is 0 Å². The van der Waals surface area contributed by atoms with Gasteiger partial charge in [0.15, 0.2) is 0 Å². The van der Waals surface area contributed by atoms with Crippen LogP contribution in [0.1, 0.15) is 17.2 Å². The largest absolute Gasteiger partial charge is 0.336 e. The molecule has 1 unspecified atom stereocenters. The lowest BCUT2D eigenvalue weighted by atomic mass is 10.0. The molecule has 2 N–H and O–H groups in total. The van der Waals surface area contributed by atoms with Gasteiger partial charge in [0.1, 0.15) is 12.5 Å². The lowest BCUT2D eigenvalue weighted by Gasteiger charge is -2.19. The second-order valence-corrected chi connectivity index (χ2v) is 4.76. The van der Waals surface area contributed by atoms with Gasteiger partial charge >= 0.3 is 6.03 Å². The van der Waals surface area contributed by atoms with Gasteiger partial charge < -0.3 is 10.6 Å². The van der Waals surface area contributed by atoms with Gasteiger partial charge in [0.05, 0.1) is 6.04 Å². The van der Waals surface area contributed by atoms with Gasteiger partial charge in [-0.15, -0.1) is 0 Å². The van der Waals surface area contributed by atoms with Gasteiger partial charge in [-0.3, -0.25) is 4.98 Å². The standard InChI is InChI=1S/C16H17F2N3O/c17-7-9-20-16(22)21-15(13-2-1-8-19-11-13)10-12-3-5-14(18)6-4-12/h1-6,8,11,15H,7,9-10H2,(H2,20,21,22). The van der Waals surface area contributed by atoms with E-state index in [0.29, 0.717) is 6.42 Å². The van der Waals surface area contributed by atoms with E-state index in [1.165, 1.54) is 12.1 Å². The van der Waals surface area contributed by atoms with Gasteiger partial charge in [-0.25, -0.2) is 13.6 Å². The van der Waals surface area contributed by atoms with Crippen LogP contribution in [-0.2, 0) is 6.42 Å². The summed E-state index contributed by atoms with van der Waals surface area (Å²) in [5.74, 6) is -0.310. The van der Waals surface area contributed by atoms with Gasteiger partial charge in [-0.05, 0) is 35.7 Å². The number of benzene rings is 1. The number of urea groups is 1. The number of nitrogens with zero attached hydrogens (tertiary/aromatic N) is 1. The van der Waals surface area contributed by atoms with Crippen molar-refractivity contribution >= 4 is 6.03 Å². The van der Waals surface area contributed by atoms with Crippen molar-refractivity contribution in [3.05, 3.63) is 65.7 Å². The third-order valence-electron chi connectivity index (χ3n) is 3.13. The molecule has 4 nitrogen and oxygen atoms in total. The highest BCUT2D eigenvalue weighted by Gasteiger charge is 2.15. The van der Waals surface area contributed by atoms with Crippen LogP contribution >= 0.6 is 0 Å². The molecule has 22 heavy (non-hydrogen) atoms. The highest BCUT2D eigenvalue weighted by molar-refractivity contribution is 5.74. The Morgan fingerprint density at radius 1 is 1.23 bits per heavy atom. The number of amides is 2. The molecule has 0 bridgehead atoms. The Bertz CT molecular complexity index is 590. The lowest BCUT2D eigenvalue weighted by Crippen LogP contribution is -2.39. The minimum absolute atomic E-state index is 0.0395. The average molecular weight is 305 g/mol. The van der Waals surface area contributed by atoms with Crippen molar-refractivity contribution in [3.63, 3.8) is 0 Å². The fourth-order valence-corrected chi connectivity index (χ4v) is 2.06. The molecule has 1 heterocycles. The molecule has 0 fully saturated rings. The van der Waals surface area contributed by atoms with Crippen LogP contribution in [0.15, 0.2) is 48.8 Å². The molecule has 6 heteroatoms. The summed E-state index contributed by atoms with van der Waals surface area (Å²) in [5, 5.41) is 5.20. The summed E-state index contributed by atoms with van der Waals surface area (Å²) in [5.41, 5.74) is 1.70. The molecule has 2 amide bonds. The monoisotopic (exact) mass is 305 g/mol. The maximum absolute atomic E-state index is 13.0. The summed E-state index contributed by atoms with van der Waals surface area (Å²) in [6.07, 6.45) is 3.78. The van der Waals surface area contributed by atoms with E-state index >= 15 is 0 Å². The summed E-state index contributed by atoms with van der Waals surface area (Å²) in [7, 11) is 0. The predicted octanol–water partition coefficient (Wildman–Crippen LogP) is 2.77. The Labute approximate surface area is 127 Å². The first-order valence-electron chi connectivity index (χ1n) is 6.93. The number of carbonyl (C=O) groups excluding carboxylic acids is 1. The topological polar surface area (TPSA) is 54.0 Å². The van der Waals surface area contributed by atoms with E-state index in [-0.39, 0.29) is 18.4 Å². The molecule has 0 saturated heterocycles. The second-order valence-electron chi connectivity index (χ2n) is 4.76. The highest BCUT2D eigenvalue weighted by atomic mass is 19.1. The molecule has 0 aliphatic carbocycles. The number of pyridine rings is 1. The maximum Gasteiger partial charge on any atom is 0.315 e. The van der Waals surface area contributed by atoms with Crippen LogP contribution in [-0.4, -0.2) is 24.2 Å². The molecule has 116 valence electrons. The summed E-state index contributed by atoms with van der Waals surface area (Å²) in [4.78, 5) is 15.8. The van der Waals surface area contributed by atoms with E-state index in [1.807, 2.05) is 6.07 Å². The normalized spacial score (nSPS) is 11.7. The quantitative estimate of drug-likeness (QED) is 0.862. The molecule has 0 aliphatic heterocycles. The number of alkyl halides is 1. The van der Waals surface area contributed by atoms with Crippen molar-refractivity contribution in [2.75, 3.05) is 13.2 Å². The van der Waals surface area contributed by atoms with Crippen LogP contribution in [0, 0.1) is 5.82 Å². The van der Waals surface area contributed by atoms with Crippen LogP contribution in [0.25, 0.3) is 0 Å². The minimum atomic E-state index is -0.622. The Balaban J connectivity index is 2.11. The molecule has 1 aromatic heterocycles. The fourth-order valence-electron chi connectivity index (χ4n) is 2.06. The fraction of sp³-hybridized carbons (Fsp3) is 0.250. The molecular formula is C16H17F2N3O. The molecular weight excluding hydrogens is 288 g/mol. The van der Waals surface area contributed by atoms with Crippen LogP contribution in [0.5, 0.6) is 0 Å². The van der Waals surface area contributed by atoms with Gasteiger partial charge in [0.25, 0.3) is 0 Å². The van der Waals surface area contributed by atoms with Crippen molar-refractivity contribution in [1.29, 1.82) is 0 Å². The van der Waals surface area contributed by atoms with Crippen molar-refractivity contribution < 1.29 is 13.6 Å². The molecule has 2 aromatic rings. The Kier molecular flexibility index (Phi) is 5.82. The summed E-state index contributed by atoms with van der Waals surface area (Å²) in [6.45, 7) is -0.662. The number of nitrogens with one attached hydrogen (secondary N) is 2. The zero-order valence-electron chi connectivity index (χ0n) is 11.9. The summed E-state index contributed by atoms with van der Waals surface area (Å²) >= 11 is 0. The number of hydrogen-bond donors (Lipinski definition) is 2. The van der Waals surface area contributed by atoms with Crippen molar-refractivity contribution in [1.82, 2.24) is 15.6 Å². The van der Waals surface area contributed by atoms with Crippen molar-refractivity contribution in [2.24, 2.45) is 0 Å². The molecule has 1 aromatic carbocycles. The maximum atomic E-state index is 13.0. The summed E-state index contributed by atoms with van der Waals surface area (Å²) in [6, 6.07) is 8.91. The minimum Gasteiger partial charge on any atom is -0.336 e. The third-order valence-corrected chi connectivity index (χ3v) is 3.13. The third kappa shape index (κ3) is 4.80. The van der Waals surface area contributed by atoms with E-state index < -0.39 is 12.7 Å². The van der Waals surface area contributed by atoms with Crippen LogP contribution in [0.4, 0.5) is 13.6 Å². The van der Waals surface area contributed by atoms with E-state index in [9.17, 15) is 13.6 Å². The molecule has 0 aliphatic rings. The lowest BCUT2D eigenvalue weighted by molar-refractivity contribution is 0.236. The first kappa shape index (κ1) is 15.9. The Morgan fingerprint density at radius 2 is 2.00 bits per heavy atom. The first-order chi connectivity index (χ1) is 10.7. The zero-order valence-corrected chi connectivity index (χ0v) is 11.9. The van der Waals surface area contributed by atoms with Gasteiger partial charge in [0, 0.05) is 18.9 Å². The van der Waals surface area contributed by atoms with E-state index in [1.54, 1.807) is 30.6 Å².